The monoisotopic (exact) mass is 333 g/mol. The molecule has 0 fully saturated rings. The molecule has 1 heterocycles. The summed E-state index contributed by atoms with van der Waals surface area (Å²) >= 11 is 0. The SMILES string of the molecule is COc1ccccc1NC(=O)Cc1noc(C(C)(C)OC(C)=O)n1. The van der Waals surface area contributed by atoms with Crippen molar-refractivity contribution in [2.24, 2.45) is 0 Å². The first-order valence-corrected chi connectivity index (χ1v) is 7.27. The molecule has 1 aromatic heterocycles. The van der Waals surface area contributed by atoms with E-state index in [9.17, 15) is 9.59 Å². The normalized spacial score (nSPS) is 11.0. The van der Waals surface area contributed by atoms with Crippen LogP contribution in [0.5, 0.6) is 5.75 Å². The fourth-order valence-electron chi connectivity index (χ4n) is 2.06. The smallest absolute Gasteiger partial charge is 0.303 e. The van der Waals surface area contributed by atoms with Gasteiger partial charge in [-0.05, 0) is 26.0 Å². The Morgan fingerprint density at radius 3 is 2.67 bits per heavy atom. The lowest BCUT2D eigenvalue weighted by molar-refractivity contribution is -0.157. The van der Waals surface area contributed by atoms with Crippen molar-refractivity contribution in [1.82, 2.24) is 10.1 Å². The van der Waals surface area contributed by atoms with E-state index in [1.807, 2.05) is 0 Å². The molecule has 0 saturated heterocycles. The van der Waals surface area contributed by atoms with Gasteiger partial charge in [-0.15, -0.1) is 0 Å². The Bertz CT molecular complexity index is 739. The Morgan fingerprint density at radius 2 is 2.00 bits per heavy atom. The molecule has 2 aromatic rings. The van der Waals surface area contributed by atoms with E-state index in [2.05, 4.69) is 15.5 Å². The third kappa shape index (κ3) is 4.31. The average Bonchev–Trinajstić information content (AvgIpc) is 2.95. The van der Waals surface area contributed by atoms with E-state index < -0.39 is 11.6 Å². The molecular formula is C16H19N3O5. The molecule has 0 spiro atoms. The van der Waals surface area contributed by atoms with Crippen molar-refractivity contribution in [3.8, 4) is 5.75 Å². The Balaban J connectivity index is 2.04. The zero-order valence-electron chi connectivity index (χ0n) is 14.0. The number of methoxy groups -OCH3 is 1. The molecule has 128 valence electrons. The molecule has 0 atom stereocenters. The van der Waals surface area contributed by atoms with Crippen molar-refractivity contribution in [1.29, 1.82) is 0 Å². The minimum Gasteiger partial charge on any atom is -0.495 e. The van der Waals surface area contributed by atoms with Crippen LogP contribution < -0.4 is 10.1 Å². The number of aromatic nitrogens is 2. The highest BCUT2D eigenvalue weighted by Crippen LogP contribution is 2.24. The molecule has 8 heteroatoms. The first-order valence-electron chi connectivity index (χ1n) is 7.27. The number of carbonyl (C=O) groups excluding carboxylic acids is 2. The van der Waals surface area contributed by atoms with Crippen LogP contribution in [0.15, 0.2) is 28.8 Å². The third-order valence-electron chi connectivity index (χ3n) is 3.08. The van der Waals surface area contributed by atoms with E-state index in [0.29, 0.717) is 11.4 Å². The van der Waals surface area contributed by atoms with Crippen molar-refractivity contribution in [2.45, 2.75) is 32.8 Å². The van der Waals surface area contributed by atoms with Gasteiger partial charge >= 0.3 is 5.97 Å². The number of hydrogen-bond acceptors (Lipinski definition) is 7. The molecule has 0 aliphatic rings. The molecule has 8 nitrogen and oxygen atoms in total. The van der Waals surface area contributed by atoms with Crippen LogP contribution in [0, 0.1) is 0 Å². The second kappa shape index (κ2) is 7.12. The van der Waals surface area contributed by atoms with E-state index in [4.69, 9.17) is 14.0 Å². The largest absolute Gasteiger partial charge is 0.495 e. The van der Waals surface area contributed by atoms with Crippen LogP contribution in [-0.2, 0) is 26.3 Å². The van der Waals surface area contributed by atoms with Gasteiger partial charge in [0.05, 0.1) is 19.2 Å². The van der Waals surface area contributed by atoms with Crippen molar-refractivity contribution in [2.75, 3.05) is 12.4 Å². The summed E-state index contributed by atoms with van der Waals surface area (Å²) in [5.41, 5.74) is -0.509. The van der Waals surface area contributed by atoms with Crippen LogP contribution in [0.4, 0.5) is 5.69 Å². The fourth-order valence-corrected chi connectivity index (χ4v) is 2.06. The molecule has 1 aromatic carbocycles. The Labute approximate surface area is 139 Å². The Morgan fingerprint density at radius 1 is 1.29 bits per heavy atom. The number of nitrogens with zero attached hydrogens (tertiary/aromatic N) is 2. The van der Waals surface area contributed by atoms with Crippen LogP contribution in [0.2, 0.25) is 0 Å². The highest BCUT2D eigenvalue weighted by atomic mass is 16.6. The Kier molecular flexibility index (Phi) is 5.18. The maximum absolute atomic E-state index is 12.1. The summed E-state index contributed by atoms with van der Waals surface area (Å²) in [4.78, 5) is 27.3. The van der Waals surface area contributed by atoms with Crippen LogP contribution in [0.3, 0.4) is 0 Å². The molecule has 1 amide bonds. The predicted octanol–water partition coefficient (Wildman–Crippen LogP) is 2.06. The molecular weight excluding hydrogens is 314 g/mol. The van der Waals surface area contributed by atoms with Crippen molar-refractivity contribution < 1.29 is 23.6 Å². The number of para-hydroxylation sites is 2. The molecule has 0 bridgehead atoms. The summed E-state index contributed by atoms with van der Waals surface area (Å²) in [5.74, 6) is 0.0804. The summed E-state index contributed by atoms with van der Waals surface area (Å²) in [5, 5.41) is 6.46. The van der Waals surface area contributed by atoms with Crippen molar-refractivity contribution in [3.63, 3.8) is 0 Å². The fraction of sp³-hybridized carbons (Fsp3) is 0.375. The van der Waals surface area contributed by atoms with Gasteiger partial charge in [-0.2, -0.15) is 4.98 Å². The quantitative estimate of drug-likeness (QED) is 0.807. The van der Waals surface area contributed by atoms with Gasteiger partial charge in [-0.25, -0.2) is 0 Å². The van der Waals surface area contributed by atoms with Gasteiger partial charge in [0, 0.05) is 6.92 Å². The lowest BCUT2D eigenvalue weighted by Gasteiger charge is -2.19. The average molecular weight is 333 g/mol. The van der Waals surface area contributed by atoms with Crippen molar-refractivity contribution >= 4 is 17.6 Å². The minimum absolute atomic E-state index is 0.0856. The number of rotatable bonds is 6. The van der Waals surface area contributed by atoms with Gasteiger partial charge < -0.3 is 19.3 Å². The van der Waals surface area contributed by atoms with E-state index in [1.54, 1.807) is 38.1 Å². The van der Waals surface area contributed by atoms with Gasteiger partial charge in [0.1, 0.15) is 5.75 Å². The number of benzene rings is 1. The number of hydrogen-bond donors (Lipinski definition) is 1. The summed E-state index contributed by atoms with van der Waals surface area (Å²) in [6, 6.07) is 7.05. The van der Waals surface area contributed by atoms with Gasteiger partial charge in [0.2, 0.25) is 5.91 Å². The number of carbonyl (C=O) groups is 2. The summed E-state index contributed by atoms with van der Waals surface area (Å²) in [6.07, 6.45) is -0.0856. The predicted molar refractivity (Wildman–Crippen MR) is 84.4 cm³/mol. The van der Waals surface area contributed by atoms with E-state index in [-0.39, 0.29) is 24.0 Å². The van der Waals surface area contributed by atoms with E-state index >= 15 is 0 Å². The lowest BCUT2D eigenvalue weighted by atomic mass is 10.1. The minimum atomic E-state index is -1.06. The van der Waals surface area contributed by atoms with Gasteiger partial charge in [0.25, 0.3) is 5.89 Å². The molecule has 24 heavy (non-hydrogen) atoms. The first-order chi connectivity index (χ1) is 11.3. The number of nitrogens with one attached hydrogen (secondary N) is 1. The second-order valence-corrected chi connectivity index (χ2v) is 5.54. The van der Waals surface area contributed by atoms with Crippen LogP contribution >= 0.6 is 0 Å². The maximum atomic E-state index is 12.1. The van der Waals surface area contributed by atoms with Crippen molar-refractivity contribution in [3.05, 3.63) is 36.0 Å². The number of esters is 1. The number of anilines is 1. The third-order valence-corrected chi connectivity index (χ3v) is 3.08. The van der Waals surface area contributed by atoms with Gasteiger partial charge in [-0.3, -0.25) is 9.59 Å². The maximum Gasteiger partial charge on any atom is 0.303 e. The van der Waals surface area contributed by atoms with E-state index in [1.165, 1.54) is 14.0 Å². The van der Waals surface area contributed by atoms with Crippen LogP contribution in [-0.4, -0.2) is 29.1 Å². The molecule has 0 aliphatic carbocycles. The lowest BCUT2D eigenvalue weighted by Crippen LogP contribution is -2.24. The van der Waals surface area contributed by atoms with Gasteiger partial charge in [-0.1, -0.05) is 17.3 Å². The molecule has 2 rings (SSSR count). The molecule has 1 N–H and O–H groups in total. The highest BCUT2D eigenvalue weighted by Gasteiger charge is 2.31. The number of amides is 1. The van der Waals surface area contributed by atoms with Crippen LogP contribution in [0.25, 0.3) is 0 Å². The second-order valence-electron chi connectivity index (χ2n) is 5.54. The summed E-state index contributed by atoms with van der Waals surface area (Å²) in [6.45, 7) is 4.54. The topological polar surface area (TPSA) is 104 Å². The Hall–Kier alpha value is -2.90. The van der Waals surface area contributed by atoms with Gasteiger partial charge in [0.15, 0.2) is 11.4 Å². The highest BCUT2D eigenvalue weighted by molar-refractivity contribution is 5.93. The molecule has 0 saturated carbocycles. The number of ether oxygens (including phenoxy) is 2. The molecule has 0 unspecified atom stereocenters. The zero-order chi connectivity index (χ0) is 17.7. The first kappa shape index (κ1) is 17.5. The van der Waals surface area contributed by atoms with E-state index in [0.717, 1.165) is 0 Å². The molecule has 0 aliphatic heterocycles. The zero-order valence-corrected chi connectivity index (χ0v) is 14.0. The summed E-state index contributed by atoms with van der Waals surface area (Å²) in [7, 11) is 1.52. The standard InChI is InChI=1S/C16H19N3O5/c1-10(20)23-16(2,3)15-18-13(19-24-15)9-14(21)17-11-7-5-6-8-12(11)22-4/h5-8H,9H2,1-4H3,(H,17,21). The summed E-state index contributed by atoms with van der Waals surface area (Å²) < 4.78 is 15.4. The van der Waals surface area contributed by atoms with Crippen LogP contribution in [0.1, 0.15) is 32.5 Å². The molecule has 0 radical (unpaired) electrons.